The van der Waals surface area contributed by atoms with Crippen LogP contribution in [0.25, 0.3) is 0 Å². The minimum atomic E-state index is 0.315. The molecule has 4 heteroatoms. The first-order chi connectivity index (χ1) is 7.77. The maximum atomic E-state index is 11.4. The molecule has 1 aliphatic rings. The molecule has 0 amide bonds. The van der Waals surface area contributed by atoms with Gasteiger partial charge in [-0.2, -0.15) is 0 Å². The predicted molar refractivity (Wildman–Crippen MR) is 69.6 cm³/mol. The second-order valence-electron chi connectivity index (χ2n) is 3.98. The largest absolute Gasteiger partial charge is 0.299 e. The molecule has 2 nitrogen and oxygen atoms in total. The molecule has 0 N–H and O–H groups in total. The van der Waals surface area contributed by atoms with Gasteiger partial charge in [-0.1, -0.05) is 0 Å². The van der Waals surface area contributed by atoms with Gasteiger partial charge in [0.05, 0.1) is 0 Å². The zero-order valence-electron chi connectivity index (χ0n) is 8.99. The average molecular weight is 300 g/mol. The zero-order valence-corrected chi connectivity index (χ0v) is 11.4. The maximum absolute atomic E-state index is 11.4. The molecule has 1 aliphatic carbocycles. The van der Waals surface area contributed by atoms with Crippen LogP contribution in [0.3, 0.4) is 0 Å². The molecule has 1 aromatic rings. The molecule has 0 saturated heterocycles. The van der Waals surface area contributed by atoms with E-state index in [0.717, 1.165) is 40.9 Å². The van der Waals surface area contributed by atoms with Gasteiger partial charge >= 0.3 is 0 Å². The molecule has 0 radical (unpaired) electrons. The smallest absolute Gasteiger partial charge is 0.136 e. The van der Waals surface area contributed by atoms with Crippen LogP contribution in [0.1, 0.15) is 25.7 Å². The first-order valence-corrected chi connectivity index (χ1v) is 7.31. The van der Waals surface area contributed by atoms with Gasteiger partial charge in [-0.15, -0.1) is 11.8 Å². The van der Waals surface area contributed by atoms with Gasteiger partial charge in [0, 0.05) is 28.8 Å². The van der Waals surface area contributed by atoms with Crippen LogP contribution in [0.5, 0.6) is 0 Å². The van der Waals surface area contributed by atoms with E-state index in [1.807, 2.05) is 12.1 Å². The topological polar surface area (TPSA) is 30.0 Å². The van der Waals surface area contributed by atoms with Crippen molar-refractivity contribution in [1.82, 2.24) is 4.98 Å². The van der Waals surface area contributed by atoms with Crippen LogP contribution >= 0.6 is 27.7 Å². The quantitative estimate of drug-likeness (QED) is 0.794. The van der Waals surface area contributed by atoms with Crippen LogP contribution in [0, 0.1) is 5.92 Å². The predicted octanol–water partition coefficient (Wildman–Crippen LogP) is 3.70. The number of thioether (sulfide) groups is 1. The van der Waals surface area contributed by atoms with Gasteiger partial charge in [-0.25, -0.2) is 4.98 Å². The Balaban J connectivity index is 1.80. The summed E-state index contributed by atoms with van der Waals surface area (Å²) in [6.07, 6.45) is 5.76. The Labute approximate surface area is 108 Å². The summed E-state index contributed by atoms with van der Waals surface area (Å²) in [4.78, 5) is 15.7. The Bertz CT molecular complexity index is 383. The van der Waals surface area contributed by atoms with E-state index in [4.69, 9.17) is 0 Å². The number of ketones is 1. The molecule has 0 aliphatic heterocycles. The summed E-state index contributed by atoms with van der Waals surface area (Å²) < 4.78 is 1.04. The highest BCUT2D eigenvalue weighted by atomic mass is 79.9. The van der Waals surface area contributed by atoms with Gasteiger partial charge in [-0.3, -0.25) is 4.79 Å². The molecule has 0 aromatic carbocycles. The number of Topliss-reactive ketones (excluding diaryl/α,β-unsaturated/α-hetero) is 1. The molecule has 1 atom stereocenters. The van der Waals surface area contributed by atoms with E-state index < -0.39 is 0 Å². The standard InChI is InChI=1S/C12H14BrNOS/c13-10-4-2-7-14-12(10)16-8-6-9-3-1-5-11(9)15/h2,4,7,9H,1,3,5-6,8H2. The zero-order chi connectivity index (χ0) is 11.4. The second kappa shape index (κ2) is 5.82. The summed E-state index contributed by atoms with van der Waals surface area (Å²) in [5.74, 6) is 1.75. The van der Waals surface area contributed by atoms with Crippen LogP contribution in [0.15, 0.2) is 27.8 Å². The lowest BCUT2D eigenvalue weighted by atomic mass is 10.1. The van der Waals surface area contributed by atoms with E-state index in [0.29, 0.717) is 11.7 Å². The fraction of sp³-hybridized carbons (Fsp3) is 0.500. The van der Waals surface area contributed by atoms with Gasteiger partial charge in [0.2, 0.25) is 0 Å². The summed E-state index contributed by atoms with van der Waals surface area (Å²) in [6.45, 7) is 0. The molecule has 1 heterocycles. The lowest BCUT2D eigenvalue weighted by Crippen LogP contribution is -2.06. The number of nitrogens with zero attached hydrogens (tertiary/aromatic N) is 1. The molecule has 16 heavy (non-hydrogen) atoms. The van der Waals surface area contributed by atoms with E-state index in [2.05, 4.69) is 20.9 Å². The van der Waals surface area contributed by atoms with E-state index in [-0.39, 0.29) is 0 Å². The maximum Gasteiger partial charge on any atom is 0.136 e. The Kier molecular flexibility index (Phi) is 4.41. The monoisotopic (exact) mass is 299 g/mol. The number of halogens is 1. The van der Waals surface area contributed by atoms with Crippen LogP contribution in [-0.2, 0) is 4.79 Å². The third kappa shape index (κ3) is 3.08. The Morgan fingerprint density at radius 2 is 2.44 bits per heavy atom. The van der Waals surface area contributed by atoms with Crippen molar-refractivity contribution in [3.05, 3.63) is 22.8 Å². The van der Waals surface area contributed by atoms with Gasteiger partial charge in [-0.05, 0) is 47.3 Å². The van der Waals surface area contributed by atoms with E-state index in [1.54, 1.807) is 18.0 Å². The highest BCUT2D eigenvalue weighted by Crippen LogP contribution is 2.29. The Hall–Kier alpha value is -0.350. The molecule has 1 fully saturated rings. The van der Waals surface area contributed by atoms with Crippen molar-refractivity contribution in [3.63, 3.8) is 0 Å². The highest BCUT2D eigenvalue weighted by Gasteiger charge is 2.23. The molecule has 0 spiro atoms. The van der Waals surface area contributed by atoms with Crippen molar-refractivity contribution in [2.75, 3.05) is 5.75 Å². The SMILES string of the molecule is O=C1CCCC1CCSc1ncccc1Br. The average Bonchev–Trinajstić information content (AvgIpc) is 2.67. The third-order valence-electron chi connectivity index (χ3n) is 2.86. The minimum Gasteiger partial charge on any atom is -0.299 e. The molecule has 86 valence electrons. The lowest BCUT2D eigenvalue weighted by Gasteiger charge is -2.07. The fourth-order valence-electron chi connectivity index (χ4n) is 1.97. The van der Waals surface area contributed by atoms with E-state index >= 15 is 0 Å². The van der Waals surface area contributed by atoms with Crippen molar-refractivity contribution in [2.24, 2.45) is 5.92 Å². The first kappa shape index (κ1) is 12.1. The van der Waals surface area contributed by atoms with Crippen molar-refractivity contribution >= 4 is 33.5 Å². The number of aromatic nitrogens is 1. The summed E-state index contributed by atoms with van der Waals surface area (Å²) in [7, 11) is 0. The second-order valence-corrected chi connectivity index (χ2v) is 5.92. The molecular formula is C12H14BrNOS. The first-order valence-electron chi connectivity index (χ1n) is 5.53. The van der Waals surface area contributed by atoms with Gasteiger partial charge in [0.1, 0.15) is 10.8 Å². The number of rotatable bonds is 4. The summed E-state index contributed by atoms with van der Waals surface area (Å²) in [5.41, 5.74) is 0. The molecule has 0 bridgehead atoms. The van der Waals surface area contributed by atoms with Gasteiger partial charge in [0.15, 0.2) is 0 Å². The number of hydrogen-bond donors (Lipinski definition) is 0. The van der Waals surface area contributed by atoms with E-state index in [9.17, 15) is 4.79 Å². The normalized spacial score (nSPS) is 20.3. The summed E-state index contributed by atoms with van der Waals surface area (Å²) in [6, 6.07) is 3.91. The number of carbonyl (C=O) groups is 1. The van der Waals surface area contributed by atoms with Crippen LogP contribution in [-0.4, -0.2) is 16.5 Å². The van der Waals surface area contributed by atoms with Crippen molar-refractivity contribution in [2.45, 2.75) is 30.7 Å². The third-order valence-corrected chi connectivity index (χ3v) is 4.80. The number of carbonyl (C=O) groups excluding carboxylic acids is 1. The lowest BCUT2D eigenvalue weighted by molar-refractivity contribution is -0.120. The Morgan fingerprint density at radius 3 is 3.12 bits per heavy atom. The summed E-state index contributed by atoms with van der Waals surface area (Å²) >= 11 is 5.20. The highest BCUT2D eigenvalue weighted by molar-refractivity contribution is 9.10. The number of hydrogen-bond acceptors (Lipinski definition) is 3. The summed E-state index contributed by atoms with van der Waals surface area (Å²) in [5, 5.41) is 1.02. The Morgan fingerprint density at radius 1 is 1.56 bits per heavy atom. The minimum absolute atomic E-state index is 0.315. The fourth-order valence-corrected chi connectivity index (χ4v) is 3.50. The van der Waals surface area contributed by atoms with Crippen LogP contribution < -0.4 is 0 Å². The van der Waals surface area contributed by atoms with Crippen LogP contribution in [0.4, 0.5) is 0 Å². The van der Waals surface area contributed by atoms with E-state index in [1.165, 1.54) is 0 Å². The molecule has 1 aromatic heterocycles. The van der Waals surface area contributed by atoms with Crippen molar-refractivity contribution < 1.29 is 4.79 Å². The molecular weight excluding hydrogens is 286 g/mol. The number of pyridine rings is 1. The van der Waals surface area contributed by atoms with Gasteiger partial charge in [0.25, 0.3) is 0 Å². The van der Waals surface area contributed by atoms with Gasteiger partial charge < -0.3 is 0 Å². The molecule has 1 saturated carbocycles. The molecule has 1 unspecified atom stereocenters. The molecule has 2 rings (SSSR count). The van der Waals surface area contributed by atoms with Crippen LogP contribution in [0.2, 0.25) is 0 Å². The van der Waals surface area contributed by atoms with Crippen molar-refractivity contribution in [3.8, 4) is 0 Å². The van der Waals surface area contributed by atoms with Crippen molar-refractivity contribution in [1.29, 1.82) is 0 Å².